The number of anilines is 1. The number of aromatic amines is 1. The second kappa shape index (κ2) is 8.88. The molecule has 2 bridgehead atoms. The molecule has 2 N–H and O–H groups in total. The molecule has 2 aliphatic heterocycles. The van der Waals surface area contributed by atoms with Gasteiger partial charge in [-0.3, -0.25) is 9.80 Å². The minimum Gasteiger partial charge on any atom is -0.378 e. The second-order valence-electron chi connectivity index (χ2n) is 12.0. The maximum absolute atomic E-state index is 14.7. The van der Waals surface area contributed by atoms with E-state index in [1.54, 1.807) is 0 Å². The van der Waals surface area contributed by atoms with Crippen LogP contribution in [-0.4, -0.2) is 58.7 Å². The lowest BCUT2D eigenvalue weighted by Gasteiger charge is -2.46. The van der Waals surface area contributed by atoms with Crippen molar-refractivity contribution in [2.45, 2.75) is 76.3 Å². The summed E-state index contributed by atoms with van der Waals surface area (Å²) in [5, 5.41) is 4.88. The first-order valence-corrected chi connectivity index (χ1v) is 14.2. The molecule has 190 valence electrons. The number of benzene rings is 2. The number of aromatic nitrogens is 1. The molecule has 3 saturated carbocycles. The summed E-state index contributed by atoms with van der Waals surface area (Å²) < 4.78 is 14.7. The van der Waals surface area contributed by atoms with Crippen LogP contribution in [0.5, 0.6) is 0 Å². The Labute approximate surface area is 214 Å². The fourth-order valence-corrected chi connectivity index (χ4v) is 7.98. The van der Waals surface area contributed by atoms with Crippen LogP contribution < -0.4 is 5.32 Å². The van der Waals surface area contributed by atoms with Crippen LogP contribution in [0.3, 0.4) is 0 Å². The summed E-state index contributed by atoms with van der Waals surface area (Å²) in [6.07, 6.45) is 5.57. The molecule has 3 heterocycles. The van der Waals surface area contributed by atoms with Crippen LogP contribution in [0, 0.1) is 11.8 Å². The van der Waals surface area contributed by atoms with E-state index in [0.29, 0.717) is 18.6 Å². The van der Waals surface area contributed by atoms with Gasteiger partial charge in [0.25, 0.3) is 0 Å². The Kier molecular flexibility index (Phi) is 5.62. The minimum atomic E-state index is -0.811. The maximum Gasteiger partial charge on any atom is 0.134 e. The van der Waals surface area contributed by atoms with Crippen molar-refractivity contribution in [2.24, 2.45) is 11.8 Å². The Balaban J connectivity index is 1.21. The summed E-state index contributed by atoms with van der Waals surface area (Å²) in [6.45, 7) is 6.91. The van der Waals surface area contributed by atoms with Gasteiger partial charge in [-0.15, -0.1) is 0 Å². The number of H-pyrrole nitrogens is 1. The number of hydrogen-bond acceptors (Lipinski definition) is 3. The summed E-state index contributed by atoms with van der Waals surface area (Å²) >= 11 is 0. The molecule has 0 amide bonds. The molecular formula is C31H39FN4. The van der Waals surface area contributed by atoms with Gasteiger partial charge in [-0.25, -0.2) is 4.39 Å². The van der Waals surface area contributed by atoms with Crippen LogP contribution in [0.4, 0.5) is 10.1 Å². The number of rotatable bonds is 6. The number of hydrogen-bond donors (Lipinski definition) is 2. The Morgan fingerprint density at radius 3 is 2.58 bits per heavy atom. The van der Waals surface area contributed by atoms with Crippen molar-refractivity contribution >= 4 is 16.6 Å². The van der Waals surface area contributed by atoms with E-state index in [1.807, 2.05) is 0 Å². The van der Waals surface area contributed by atoms with E-state index in [1.165, 1.54) is 47.0 Å². The first-order valence-electron chi connectivity index (χ1n) is 14.2. The van der Waals surface area contributed by atoms with Crippen molar-refractivity contribution in [3.63, 3.8) is 0 Å². The van der Waals surface area contributed by atoms with E-state index in [4.69, 9.17) is 0 Å². The Morgan fingerprint density at radius 1 is 1.03 bits per heavy atom. The number of nitrogens with one attached hydrogen (secondary N) is 2. The van der Waals surface area contributed by atoms with E-state index in [0.717, 1.165) is 43.5 Å². The van der Waals surface area contributed by atoms with Gasteiger partial charge in [0.05, 0.1) is 12.1 Å². The molecule has 5 aliphatic rings. The van der Waals surface area contributed by atoms with Crippen molar-refractivity contribution in [3.8, 4) is 0 Å². The first-order chi connectivity index (χ1) is 17.6. The maximum atomic E-state index is 14.7. The number of alkyl halides is 1. The Bertz CT molecular complexity index is 1230. The highest BCUT2D eigenvalue weighted by atomic mass is 19.1. The van der Waals surface area contributed by atoms with Gasteiger partial charge >= 0.3 is 0 Å². The molecule has 36 heavy (non-hydrogen) atoms. The van der Waals surface area contributed by atoms with Crippen LogP contribution in [0.25, 0.3) is 10.9 Å². The molecule has 0 spiro atoms. The molecule has 5 heteroatoms. The first kappa shape index (κ1) is 22.8. The molecule has 0 radical (unpaired) electrons. The molecule has 1 saturated heterocycles. The average molecular weight is 487 g/mol. The Hall–Kier alpha value is -2.37. The summed E-state index contributed by atoms with van der Waals surface area (Å²) in [5.74, 6) is 1.80. The van der Waals surface area contributed by atoms with Crippen molar-refractivity contribution in [2.75, 3.05) is 25.0 Å². The van der Waals surface area contributed by atoms with Crippen LogP contribution in [-0.2, 0) is 6.42 Å². The predicted molar refractivity (Wildman–Crippen MR) is 145 cm³/mol. The standard InChI is InChI=1S/C31H39FN4/c1-3-12-35-17-26(32)28(18-35)33-23-10-8-21(9-11-23)31-30-25(24-6-4-5-7-27(24)34-30)13-19(2)36(31)29-16-20-14-22(29)15-20/h4-11,19-20,22,26,28-29,31,33-34H,3,12-18H2,1-2H3/t19-,20?,22?,26+,28-,29?,31-/m1/s1. The molecule has 3 aromatic rings. The highest BCUT2D eigenvalue weighted by Gasteiger charge is 2.51. The molecule has 5 atom stereocenters. The quantitative estimate of drug-likeness (QED) is 0.439. The second-order valence-corrected chi connectivity index (χ2v) is 12.0. The van der Waals surface area contributed by atoms with E-state index < -0.39 is 6.17 Å². The number of fused-ring (bicyclic) bond motifs is 4. The number of para-hydroxylation sites is 1. The van der Waals surface area contributed by atoms with Crippen molar-refractivity contribution in [3.05, 3.63) is 65.4 Å². The lowest BCUT2D eigenvalue weighted by molar-refractivity contribution is 0.0712. The van der Waals surface area contributed by atoms with E-state index >= 15 is 0 Å². The highest BCUT2D eigenvalue weighted by Crippen LogP contribution is 2.54. The molecule has 4 nitrogen and oxygen atoms in total. The van der Waals surface area contributed by atoms with Crippen LogP contribution >= 0.6 is 0 Å². The van der Waals surface area contributed by atoms with Gasteiger partial charge in [0.2, 0.25) is 0 Å². The van der Waals surface area contributed by atoms with Crippen LogP contribution in [0.15, 0.2) is 48.5 Å². The van der Waals surface area contributed by atoms with Crippen LogP contribution in [0.1, 0.15) is 62.4 Å². The van der Waals surface area contributed by atoms with Gasteiger partial charge in [-0.05, 0) is 86.7 Å². The number of halogens is 1. The number of likely N-dealkylation sites (tertiary alicyclic amines) is 1. The zero-order chi connectivity index (χ0) is 24.4. The zero-order valence-corrected chi connectivity index (χ0v) is 21.6. The monoisotopic (exact) mass is 486 g/mol. The SMILES string of the molecule is CCCN1C[C@H](F)[C@H](Nc2ccc([C@@H]3c4[nH]c5ccccc5c4C[C@@H](C)N3C3CC4CC3C4)cc2)C1. The lowest BCUT2D eigenvalue weighted by Crippen LogP contribution is -2.49. The summed E-state index contributed by atoms with van der Waals surface area (Å²) in [4.78, 5) is 8.95. The third-order valence-electron chi connectivity index (χ3n) is 9.64. The lowest BCUT2D eigenvalue weighted by atomic mass is 9.82. The van der Waals surface area contributed by atoms with Crippen molar-refractivity contribution in [1.82, 2.24) is 14.8 Å². The molecule has 4 fully saturated rings. The minimum absolute atomic E-state index is 0.126. The zero-order valence-electron chi connectivity index (χ0n) is 21.6. The summed E-state index contributed by atoms with van der Waals surface area (Å²) in [7, 11) is 0. The Morgan fingerprint density at radius 2 is 1.83 bits per heavy atom. The van der Waals surface area contributed by atoms with Gasteiger partial charge in [0.15, 0.2) is 0 Å². The van der Waals surface area contributed by atoms with Gasteiger partial charge in [0, 0.05) is 47.5 Å². The van der Waals surface area contributed by atoms with Gasteiger partial charge in [-0.2, -0.15) is 0 Å². The third kappa shape index (κ3) is 3.69. The van der Waals surface area contributed by atoms with E-state index in [9.17, 15) is 4.39 Å². The van der Waals surface area contributed by atoms with Gasteiger partial charge in [-0.1, -0.05) is 37.3 Å². The van der Waals surface area contributed by atoms with Crippen molar-refractivity contribution in [1.29, 1.82) is 0 Å². The van der Waals surface area contributed by atoms with Crippen LogP contribution in [0.2, 0.25) is 0 Å². The molecule has 8 rings (SSSR count). The predicted octanol–water partition coefficient (Wildman–Crippen LogP) is 6.15. The average Bonchev–Trinajstić information content (AvgIpc) is 3.62. The third-order valence-corrected chi connectivity index (χ3v) is 9.64. The molecular weight excluding hydrogens is 447 g/mol. The molecule has 1 unspecified atom stereocenters. The van der Waals surface area contributed by atoms with Gasteiger partial charge < -0.3 is 10.3 Å². The van der Waals surface area contributed by atoms with E-state index in [-0.39, 0.29) is 12.1 Å². The normalized spacial score (nSPS) is 34.1. The summed E-state index contributed by atoms with van der Waals surface area (Å²) in [5.41, 5.74) is 6.51. The largest absolute Gasteiger partial charge is 0.378 e. The topological polar surface area (TPSA) is 34.3 Å². The van der Waals surface area contributed by atoms with E-state index in [2.05, 4.69) is 82.5 Å². The molecule has 2 aromatic carbocycles. The molecule has 1 aromatic heterocycles. The smallest absolute Gasteiger partial charge is 0.134 e. The van der Waals surface area contributed by atoms with Gasteiger partial charge in [0.1, 0.15) is 6.17 Å². The summed E-state index contributed by atoms with van der Waals surface area (Å²) in [6, 6.07) is 19.1. The fourth-order valence-electron chi connectivity index (χ4n) is 7.98. The number of nitrogens with zero attached hydrogens (tertiary/aromatic N) is 2. The molecule has 3 aliphatic carbocycles. The van der Waals surface area contributed by atoms with Crippen molar-refractivity contribution < 1.29 is 4.39 Å². The fraction of sp³-hybridized carbons (Fsp3) is 0.548. The highest BCUT2D eigenvalue weighted by molar-refractivity contribution is 5.85.